The van der Waals surface area contributed by atoms with Gasteiger partial charge in [-0.05, 0) is 30.3 Å². The van der Waals surface area contributed by atoms with Crippen LogP contribution in [0.25, 0.3) is 23.0 Å². The Morgan fingerprint density at radius 1 is 1.05 bits per heavy atom. The number of benzene rings is 1. The zero-order valence-corrected chi connectivity index (χ0v) is 9.70. The van der Waals surface area contributed by atoms with E-state index in [0.717, 1.165) is 11.3 Å². The van der Waals surface area contributed by atoms with Crippen LogP contribution in [0.2, 0.25) is 0 Å². The number of hydrogen-bond acceptors (Lipinski definition) is 6. The molecule has 0 saturated carbocycles. The fraction of sp³-hybridized carbons (Fsp3) is 0.0769. The van der Waals surface area contributed by atoms with Gasteiger partial charge in [0.15, 0.2) is 17.3 Å². The van der Waals surface area contributed by atoms with E-state index in [4.69, 9.17) is 18.4 Å². The van der Waals surface area contributed by atoms with Crippen LogP contribution in [0.5, 0.6) is 11.5 Å². The fourth-order valence-corrected chi connectivity index (χ4v) is 1.88. The predicted octanol–water partition coefficient (Wildman–Crippen LogP) is 2.73. The minimum absolute atomic E-state index is 0.239. The summed E-state index contributed by atoms with van der Waals surface area (Å²) in [7, 11) is 0. The van der Waals surface area contributed by atoms with Gasteiger partial charge in [0.2, 0.25) is 12.6 Å². The van der Waals surface area contributed by atoms with E-state index in [1.54, 1.807) is 18.4 Å². The number of ether oxygens (including phenoxy) is 2. The van der Waals surface area contributed by atoms with Gasteiger partial charge in [-0.1, -0.05) is 5.16 Å². The Labute approximate surface area is 107 Å². The van der Waals surface area contributed by atoms with E-state index >= 15 is 0 Å². The molecule has 4 rings (SSSR count). The van der Waals surface area contributed by atoms with Crippen molar-refractivity contribution >= 4 is 0 Å². The average Bonchev–Trinajstić information content (AvgIpc) is 3.18. The van der Waals surface area contributed by atoms with Gasteiger partial charge in [0.25, 0.3) is 5.89 Å². The topological polar surface area (TPSA) is 70.5 Å². The first-order valence-electron chi connectivity index (χ1n) is 5.68. The van der Waals surface area contributed by atoms with Crippen LogP contribution in [0.4, 0.5) is 0 Å². The van der Waals surface area contributed by atoms with Crippen LogP contribution < -0.4 is 9.47 Å². The second-order valence-corrected chi connectivity index (χ2v) is 3.97. The SMILES string of the molecule is c1coc(-c2nc(-c3ccc4c(c3)OCO4)no2)c1. The molecule has 0 fully saturated rings. The molecule has 0 N–H and O–H groups in total. The van der Waals surface area contributed by atoms with Crippen molar-refractivity contribution in [1.82, 2.24) is 10.1 Å². The van der Waals surface area contributed by atoms with E-state index in [1.165, 1.54) is 0 Å². The summed E-state index contributed by atoms with van der Waals surface area (Å²) in [5.41, 5.74) is 0.797. The molecule has 0 amide bonds. The molecule has 1 aliphatic rings. The molecule has 0 saturated heterocycles. The van der Waals surface area contributed by atoms with Crippen LogP contribution in [-0.2, 0) is 0 Å². The predicted molar refractivity (Wildman–Crippen MR) is 63.6 cm³/mol. The van der Waals surface area contributed by atoms with Crippen LogP contribution in [0.1, 0.15) is 0 Å². The van der Waals surface area contributed by atoms with Gasteiger partial charge in [0, 0.05) is 5.56 Å². The van der Waals surface area contributed by atoms with Crippen molar-refractivity contribution < 1.29 is 18.4 Å². The Hall–Kier alpha value is -2.76. The maximum atomic E-state index is 5.31. The van der Waals surface area contributed by atoms with E-state index in [9.17, 15) is 0 Å². The summed E-state index contributed by atoms with van der Waals surface area (Å²) in [6.45, 7) is 0.239. The maximum Gasteiger partial charge on any atom is 0.293 e. The van der Waals surface area contributed by atoms with Gasteiger partial charge >= 0.3 is 0 Å². The van der Waals surface area contributed by atoms with Crippen LogP contribution in [0, 0.1) is 0 Å². The second kappa shape index (κ2) is 3.88. The third-order valence-corrected chi connectivity index (χ3v) is 2.79. The zero-order valence-electron chi connectivity index (χ0n) is 9.70. The number of aromatic nitrogens is 2. The average molecular weight is 256 g/mol. The number of rotatable bonds is 2. The third-order valence-electron chi connectivity index (χ3n) is 2.79. The van der Waals surface area contributed by atoms with E-state index in [0.29, 0.717) is 23.2 Å². The lowest BCUT2D eigenvalue weighted by Crippen LogP contribution is -1.92. The quantitative estimate of drug-likeness (QED) is 0.702. The number of nitrogens with zero attached hydrogens (tertiary/aromatic N) is 2. The molecule has 0 bridgehead atoms. The molecular weight excluding hydrogens is 248 g/mol. The highest BCUT2D eigenvalue weighted by molar-refractivity contribution is 5.62. The van der Waals surface area contributed by atoms with E-state index in [-0.39, 0.29) is 6.79 Å². The zero-order chi connectivity index (χ0) is 12.7. The molecule has 94 valence electrons. The lowest BCUT2D eigenvalue weighted by molar-refractivity contribution is 0.174. The molecule has 6 nitrogen and oxygen atoms in total. The second-order valence-electron chi connectivity index (χ2n) is 3.97. The molecule has 19 heavy (non-hydrogen) atoms. The molecule has 0 atom stereocenters. The first kappa shape index (κ1) is 10.2. The molecule has 6 heteroatoms. The summed E-state index contributed by atoms with van der Waals surface area (Å²) in [6.07, 6.45) is 1.56. The Morgan fingerprint density at radius 3 is 2.89 bits per heavy atom. The van der Waals surface area contributed by atoms with Crippen molar-refractivity contribution in [3.8, 4) is 34.5 Å². The highest BCUT2D eigenvalue weighted by Crippen LogP contribution is 2.35. The van der Waals surface area contributed by atoms with Crippen LogP contribution in [0.3, 0.4) is 0 Å². The van der Waals surface area contributed by atoms with Crippen molar-refractivity contribution in [3.63, 3.8) is 0 Å². The molecule has 0 aliphatic carbocycles. The van der Waals surface area contributed by atoms with Gasteiger partial charge in [-0.15, -0.1) is 0 Å². The van der Waals surface area contributed by atoms with E-state index in [1.807, 2.05) is 18.2 Å². The third kappa shape index (κ3) is 1.65. The van der Waals surface area contributed by atoms with E-state index < -0.39 is 0 Å². The summed E-state index contributed by atoms with van der Waals surface area (Å²) in [5, 5.41) is 3.93. The fourth-order valence-electron chi connectivity index (χ4n) is 1.88. The monoisotopic (exact) mass is 256 g/mol. The molecule has 3 heterocycles. The minimum atomic E-state index is 0.239. The molecule has 2 aromatic heterocycles. The number of fused-ring (bicyclic) bond motifs is 1. The first-order chi connectivity index (χ1) is 9.40. The molecule has 1 aliphatic heterocycles. The molecule has 3 aromatic rings. The minimum Gasteiger partial charge on any atom is -0.459 e. The van der Waals surface area contributed by atoms with Crippen molar-refractivity contribution in [2.45, 2.75) is 0 Å². The lowest BCUT2D eigenvalue weighted by Gasteiger charge is -1.97. The Morgan fingerprint density at radius 2 is 2.00 bits per heavy atom. The van der Waals surface area contributed by atoms with Gasteiger partial charge in [0.05, 0.1) is 6.26 Å². The standard InChI is InChI=1S/C13H8N2O4/c1-2-10(16-5-1)13-14-12(15-19-13)8-3-4-9-11(6-8)18-7-17-9/h1-6H,7H2. The summed E-state index contributed by atoms with van der Waals surface area (Å²) in [6, 6.07) is 9.01. The smallest absolute Gasteiger partial charge is 0.293 e. The Bertz CT molecular complexity index is 718. The summed E-state index contributed by atoms with van der Waals surface area (Å²) in [4.78, 5) is 4.28. The van der Waals surface area contributed by atoms with Gasteiger partial charge in [-0.3, -0.25) is 0 Å². The van der Waals surface area contributed by atoms with Crippen molar-refractivity contribution in [3.05, 3.63) is 36.6 Å². The highest BCUT2D eigenvalue weighted by Gasteiger charge is 2.17. The van der Waals surface area contributed by atoms with Gasteiger partial charge in [0.1, 0.15) is 0 Å². The molecule has 0 unspecified atom stereocenters. The van der Waals surface area contributed by atoms with E-state index in [2.05, 4.69) is 10.1 Å². The van der Waals surface area contributed by atoms with Crippen molar-refractivity contribution in [2.24, 2.45) is 0 Å². The first-order valence-corrected chi connectivity index (χ1v) is 5.68. The highest BCUT2D eigenvalue weighted by atomic mass is 16.7. The molecule has 0 radical (unpaired) electrons. The molecule has 1 aromatic carbocycles. The number of hydrogen-bond donors (Lipinski definition) is 0. The molecular formula is C13H8N2O4. The van der Waals surface area contributed by atoms with Gasteiger partial charge in [-0.25, -0.2) is 0 Å². The maximum absolute atomic E-state index is 5.31. The lowest BCUT2D eigenvalue weighted by atomic mass is 10.2. The van der Waals surface area contributed by atoms with Crippen LogP contribution >= 0.6 is 0 Å². The number of furan rings is 1. The summed E-state index contributed by atoms with van der Waals surface area (Å²) < 4.78 is 20.9. The van der Waals surface area contributed by atoms with Gasteiger partial charge in [-0.2, -0.15) is 4.98 Å². The summed E-state index contributed by atoms with van der Waals surface area (Å²) in [5.74, 6) is 2.77. The molecule has 0 spiro atoms. The van der Waals surface area contributed by atoms with Crippen molar-refractivity contribution in [1.29, 1.82) is 0 Å². The van der Waals surface area contributed by atoms with Crippen LogP contribution in [0.15, 0.2) is 45.5 Å². The largest absolute Gasteiger partial charge is 0.459 e. The Balaban J connectivity index is 1.73. The van der Waals surface area contributed by atoms with Gasteiger partial charge < -0.3 is 18.4 Å². The Kier molecular flexibility index (Phi) is 2.08. The summed E-state index contributed by atoms with van der Waals surface area (Å²) >= 11 is 0. The normalized spacial score (nSPS) is 12.8. The van der Waals surface area contributed by atoms with Crippen LogP contribution in [-0.4, -0.2) is 16.9 Å². The van der Waals surface area contributed by atoms with Crippen molar-refractivity contribution in [2.75, 3.05) is 6.79 Å².